The van der Waals surface area contributed by atoms with E-state index in [0.717, 1.165) is 25.3 Å². The van der Waals surface area contributed by atoms with E-state index in [2.05, 4.69) is 17.5 Å². The molecule has 1 N–H and O–H groups in total. The summed E-state index contributed by atoms with van der Waals surface area (Å²) in [7, 11) is 0. The van der Waals surface area contributed by atoms with Crippen LogP contribution < -0.4 is 5.32 Å². The summed E-state index contributed by atoms with van der Waals surface area (Å²) in [4.78, 5) is 0. The molecule has 1 aromatic rings. The van der Waals surface area contributed by atoms with Crippen LogP contribution in [0.25, 0.3) is 0 Å². The van der Waals surface area contributed by atoms with E-state index in [1.54, 1.807) is 6.07 Å². The lowest BCUT2D eigenvalue weighted by atomic mass is 10.0. The fourth-order valence-electron chi connectivity index (χ4n) is 1.73. The summed E-state index contributed by atoms with van der Waals surface area (Å²) in [6.45, 7) is 0. The molecule has 0 aliphatic heterocycles. The number of hydrogen-bond donors (Lipinski definition) is 1. The SMILES string of the molecule is Fc1ccc(NC2C=CCCC2)cc1F. The molecule has 1 atom stereocenters. The highest BCUT2D eigenvalue weighted by Crippen LogP contribution is 2.18. The Hall–Kier alpha value is -1.38. The molecule has 0 spiro atoms. The van der Waals surface area contributed by atoms with Crippen LogP contribution in [0.3, 0.4) is 0 Å². The highest BCUT2D eigenvalue weighted by Gasteiger charge is 2.09. The molecule has 0 bridgehead atoms. The number of anilines is 1. The highest BCUT2D eigenvalue weighted by molar-refractivity contribution is 5.45. The monoisotopic (exact) mass is 209 g/mol. The maximum absolute atomic E-state index is 12.9. The molecule has 1 nitrogen and oxygen atoms in total. The molecule has 0 saturated carbocycles. The van der Waals surface area contributed by atoms with Gasteiger partial charge in [0.2, 0.25) is 0 Å². The van der Waals surface area contributed by atoms with Gasteiger partial charge in [-0.3, -0.25) is 0 Å². The number of halogens is 2. The Morgan fingerprint density at radius 2 is 2.07 bits per heavy atom. The Kier molecular flexibility index (Phi) is 2.99. The number of allylic oxidation sites excluding steroid dienone is 1. The van der Waals surface area contributed by atoms with Crippen LogP contribution in [-0.4, -0.2) is 6.04 Å². The fourth-order valence-corrected chi connectivity index (χ4v) is 1.73. The molecule has 1 aliphatic carbocycles. The molecule has 1 aromatic carbocycles. The van der Waals surface area contributed by atoms with Gasteiger partial charge in [0.25, 0.3) is 0 Å². The molecule has 0 saturated heterocycles. The summed E-state index contributed by atoms with van der Waals surface area (Å²) in [5.74, 6) is -1.61. The predicted molar refractivity (Wildman–Crippen MR) is 56.8 cm³/mol. The van der Waals surface area contributed by atoms with E-state index < -0.39 is 11.6 Å². The van der Waals surface area contributed by atoms with Gasteiger partial charge < -0.3 is 5.32 Å². The van der Waals surface area contributed by atoms with Crippen LogP contribution >= 0.6 is 0 Å². The summed E-state index contributed by atoms with van der Waals surface area (Å²) < 4.78 is 25.6. The van der Waals surface area contributed by atoms with Gasteiger partial charge in [-0.15, -0.1) is 0 Å². The van der Waals surface area contributed by atoms with Crippen molar-refractivity contribution in [3.63, 3.8) is 0 Å². The van der Waals surface area contributed by atoms with Crippen molar-refractivity contribution in [1.29, 1.82) is 0 Å². The zero-order valence-corrected chi connectivity index (χ0v) is 8.34. The van der Waals surface area contributed by atoms with Crippen molar-refractivity contribution in [3.05, 3.63) is 42.0 Å². The molecule has 0 fully saturated rings. The fraction of sp³-hybridized carbons (Fsp3) is 0.333. The van der Waals surface area contributed by atoms with Crippen LogP contribution in [-0.2, 0) is 0 Å². The number of hydrogen-bond acceptors (Lipinski definition) is 1. The van der Waals surface area contributed by atoms with Crippen molar-refractivity contribution >= 4 is 5.69 Å². The van der Waals surface area contributed by atoms with Gasteiger partial charge in [-0.25, -0.2) is 8.78 Å². The second kappa shape index (κ2) is 4.43. The van der Waals surface area contributed by atoms with E-state index in [1.165, 1.54) is 6.07 Å². The first-order valence-electron chi connectivity index (χ1n) is 5.14. The van der Waals surface area contributed by atoms with Crippen molar-refractivity contribution in [3.8, 4) is 0 Å². The minimum Gasteiger partial charge on any atom is -0.379 e. The Balaban J connectivity index is 2.07. The standard InChI is InChI=1S/C12H13F2N/c13-11-7-6-10(8-12(11)14)15-9-4-2-1-3-5-9/h2,4,6-9,15H,1,3,5H2. The third kappa shape index (κ3) is 2.55. The number of benzene rings is 1. The molecular weight excluding hydrogens is 196 g/mol. The number of nitrogens with one attached hydrogen (secondary N) is 1. The second-order valence-electron chi connectivity index (χ2n) is 3.74. The van der Waals surface area contributed by atoms with Crippen LogP contribution in [0.1, 0.15) is 19.3 Å². The molecule has 0 aromatic heterocycles. The zero-order chi connectivity index (χ0) is 10.7. The second-order valence-corrected chi connectivity index (χ2v) is 3.74. The lowest BCUT2D eigenvalue weighted by molar-refractivity contribution is 0.509. The summed E-state index contributed by atoms with van der Waals surface area (Å²) in [5.41, 5.74) is 0.630. The lowest BCUT2D eigenvalue weighted by Crippen LogP contribution is -2.18. The maximum Gasteiger partial charge on any atom is 0.160 e. The minimum atomic E-state index is -0.806. The van der Waals surface area contributed by atoms with Crippen molar-refractivity contribution in [1.82, 2.24) is 0 Å². The first-order chi connectivity index (χ1) is 7.25. The molecule has 0 amide bonds. The molecule has 3 heteroatoms. The van der Waals surface area contributed by atoms with E-state index in [1.807, 2.05) is 0 Å². The van der Waals surface area contributed by atoms with Crippen molar-refractivity contribution in [2.75, 3.05) is 5.32 Å². The van der Waals surface area contributed by atoms with Gasteiger partial charge in [0.1, 0.15) is 0 Å². The van der Waals surface area contributed by atoms with Crippen molar-refractivity contribution in [2.45, 2.75) is 25.3 Å². The van der Waals surface area contributed by atoms with E-state index in [9.17, 15) is 8.78 Å². The largest absolute Gasteiger partial charge is 0.379 e. The van der Waals surface area contributed by atoms with Gasteiger partial charge in [0, 0.05) is 17.8 Å². The maximum atomic E-state index is 12.9. The van der Waals surface area contributed by atoms with Gasteiger partial charge >= 0.3 is 0 Å². The molecule has 80 valence electrons. The Labute approximate surface area is 87.8 Å². The quantitative estimate of drug-likeness (QED) is 0.735. The third-order valence-electron chi connectivity index (χ3n) is 2.53. The minimum absolute atomic E-state index is 0.239. The summed E-state index contributed by atoms with van der Waals surface area (Å²) >= 11 is 0. The van der Waals surface area contributed by atoms with Crippen LogP contribution in [0.2, 0.25) is 0 Å². The van der Waals surface area contributed by atoms with E-state index in [0.29, 0.717) is 5.69 Å². The average Bonchev–Trinajstić information content (AvgIpc) is 2.25. The third-order valence-corrected chi connectivity index (χ3v) is 2.53. The Morgan fingerprint density at radius 3 is 2.73 bits per heavy atom. The molecule has 1 unspecified atom stereocenters. The van der Waals surface area contributed by atoms with Crippen molar-refractivity contribution in [2.24, 2.45) is 0 Å². The molecular formula is C12H13F2N. The normalized spacial score (nSPS) is 20.3. The lowest BCUT2D eigenvalue weighted by Gasteiger charge is -2.19. The molecule has 0 heterocycles. The molecule has 0 radical (unpaired) electrons. The van der Waals surface area contributed by atoms with Crippen LogP contribution in [0.15, 0.2) is 30.4 Å². The Bertz CT molecular complexity index is 374. The molecule has 1 aliphatic rings. The van der Waals surface area contributed by atoms with Crippen molar-refractivity contribution < 1.29 is 8.78 Å². The predicted octanol–water partition coefficient (Wildman–Crippen LogP) is 3.49. The van der Waals surface area contributed by atoms with E-state index in [4.69, 9.17) is 0 Å². The molecule has 15 heavy (non-hydrogen) atoms. The first kappa shape index (κ1) is 10.1. The zero-order valence-electron chi connectivity index (χ0n) is 8.34. The topological polar surface area (TPSA) is 12.0 Å². The van der Waals surface area contributed by atoms with Gasteiger partial charge in [0.05, 0.1) is 0 Å². The van der Waals surface area contributed by atoms with Gasteiger partial charge in [-0.2, -0.15) is 0 Å². The average molecular weight is 209 g/mol. The summed E-state index contributed by atoms with van der Waals surface area (Å²) in [6, 6.07) is 4.13. The van der Waals surface area contributed by atoms with Gasteiger partial charge in [-0.1, -0.05) is 12.2 Å². The highest BCUT2D eigenvalue weighted by atomic mass is 19.2. The molecule has 2 rings (SSSR count). The van der Waals surface area contributed by atoms with Gasteiger partial charge in [0.15, 0.2) is 11.6 Å². The van der Waals surface area contributed by atoms with Gasteiger partial charge in [-0.05, 0) is 31.4 Å². The van der Waals surface area contributed by atoms with E-state index in [-0.39, 0.29) is 6.04 Å². The van der Waals surface area contributed by atoms with Crippen LogP contribution in [0, 0.1) is 11.6 Å². The number of rotatable bonds is 2. The van der Waals surface area contributed by atoms with Crippen LogP contribution in [0.5, 0.6) is 0 Å². The Morgan fingerprint density at radius 1 is 1.20 bits per heavy atom. The summed E-state index contributed by atoms with van der Waals surface area (Å²) in [6.07, 6.45) is 7.47. The van der Waals surface area contributed by atoms with Crippen LogP contribution in [0.4, 0.5) is 14.5 Å². The first-order valence-corrected chi connectivity index (χ1v) is 5.14. The smallest absolute Gasteiger partial charge is 0.160 e. The van der Waals surface area contributed by atoms with E-state index >= 15 is 0 Å². The summed E-state index contributed by atoms with van der Waals surface area (Å²) in [5, 5.41) is 3.16.